The normalized spacial score (nSPS) is 15.4. The molecular weight excluding hydrogens is 420 g/mol. The Morgan fingerprint density at radius 1 is 0.903 bits per heavy atom. The molecule has 4 aromatic rings. The minimum Gasteiger partial charge on any atom is -0.340 e. The largest absolute Gasteiger partial charge is 0.340 e. The van der Waals surface area contributed by atoms with Crippen LogP contribution in [-0.2, 0) is 11.3 Å². The van der Waals surface area contributed by atoms with Gasteiger partial charge in [-0.3, -0.25) is 9.69 Å². The molecule has 0 saturated carbocycles. The van der Waals surface area contributed by atoms with Crippen molar-refractivity contribution >= 4 is 56.9 Å². The van der Waals surface area contributed by atoms with Gasteiger partial charge in [0.05, 0.1) is 10.6 Å². The highest BCUT2D eigenvalue weighted by Crippen LogP contribution is 2.38. The summed E-state index contributed by atoms with van der Waals surface area (Å²) in [5.74, 6) is -0.0690. The van der Waals surface area contributed by atoms with E-state index in [2.05, 4.69) is 54.0 Å². The molecule has 0 unspecified atom stereocenters. The van der Waals surface area contributed by atoms with E-state index in [1.807, 2.05) is 48.5 Å². The molecule has 1 aromatic heterocycles. The van der Waals surface area contributed by atoms with Crippen LogP contribution in [0.4, 0.5) is 5.69 Å². The van der Waals surface area contributed by atoms with Gasteiger partial charge in [0.15, 0.2) is 4.32 Å². The maximum atomic E-state index is 13.2. The average Bonchev–Trinajstić information content (AvgIpc) is 3.23. The lowest BCUT2D eigenvalue weighted by molar-refractivity contribution is -0.113. The molecule has 0 atom stereocenters. The van der Waals surface area contributed by atoms with E-state index in [1.165, 1.54) is 17.3 Å². The van der Waals surface area contributed by atoms with E-state index in [0.717, 1.165) is 34.4 Å². The first-order chi connectivity index (χ1) is 15.1. The average molecular weight is 441 g/mol. The summed E-state index contributed by atoms with van der Waals surface area (Å²) in [5.41, 5.74) is 5.41. The van der Waals surface area contributed by atoms with Crippen molar-refractivity contribution in [3.63, 3.8) is 0 Å². The molecule has 0 radical (unpaired) electrons. The number of nitrogens with zero attached hydrogens (tertiary/aromatic N) is 2. The van der Waals surface area contributed by atoms with Crippen molar-refractivity contribution < 1.29 is 4.79 Å². The third-order valence-electron chi connectivity index (χ3n) is 5.55. The fourth-order valence-corrected chi connectivity index (χ4v) is 5.29. The lowest BCUT2D eigenvalue weighted by atomic mass is 10.1. The number of amides is 1. The van der Waals surface area contributed by atoms with Crippen LogP contribution in [0.2, 0.25) is 0 Å². The highest BCUT2D eigenvalue weighted by atomic mass is 32.2. The summed E-state index contributed by atoms with van der Waals surface area (Å²) in [7, 11) is 0. The number of hydrogen-bond donors (Lipinski definition) is 0. The number of fused-ring (bicyclic) bond motifs is 1. The Bertz CT molecular complexity index is 1320. The molecule has 31 heavy (non-hydrogen) atoms. The number of anilines is 1. The lowest BCUT2D eigenvalue weighted by Gasteiger charge is -2.13. The first-order valence-corrected chi connectivity index (χ1v) is 11.3. The van der Waals surface area contributed by atoms with E-state index >= 15 is 0 Å². The monoisotopic (exact) mass is 440 g/mol. The highest BCUT2D eigenvalue weighted by Gasteiger charge is 2.33. The second-order valence-corrected chi connectivity index (χ2v) is 9.12. The number of carbonyl (C=O) groups excluding carboxylic acids is 1. The number of thiocarbonyl (C=S) groups is 1. The zero-order valence-corrected chi connectivity index (χ0v) is 18.6. The van der Waals surface area contributed by atoms with Crippen molar-refractivity contribution in [1.29, 1.82) is 0 Å². The number of para-hydroxylation sites is 2. The SMILES string of the molecule is Cc1c(/C=C2/SC(=S)N(c3ccccc3)C2=O)c2ccccc2n1Cc1ccccc1. The summed E-state index contributed by atoms with van der Waals surface area (Å²) < 4.78 is 2.88. The van der Waals surface area contributed by atoms with Crippen LogP contribution in [0.15, 0.2) is 89.8 Å². The van der Waals surface area contributed by atoms with E-state index in [9.17, 15) is 4.79 Å². The third-order valence-corrected chi connectivity index (χ3v) is 6.85. The number of aromatic nitrogens is 1. The Labute approximate surface area is 191 Å². The predicted molar refractivity (Wildman–Crippen MR) is 134 cm³/mol. The third kappa shape index (κ3) is 3.60. The quantitative estimate of drug-likeness (QED) is 0.271. The molecule has 5 rings (SSSR count). The van der Waals surface area contributed by atoms with Gasteiger partial charge in [-0.1, -0.05) is 90.7 Å². The number of hydrogen-bond acceptors (Lipinski definition) is 3. The predicted octanol–water partition coefficient (Wildman–Crippen LogP) is 6.40. The Hall–Kier alpha value is -3.15. The molecule has 0 spiro atoms. The smallest absolute Gasteiger partial charge is 0.270 e. The van der Waals surface area contributed by atoms with Gasteiger partial charge in [0, 0.05) is 28.7 Å². The minimum atomic E-state index is -0.0690. The highest BCUT2D eigenvalue weighted by molar-refractivity contribution is 8.27. The van der Waals surface area contributed by atoms with Crippen molar-refractivity contribution in [2.75, 3.05) is 4.90 Å². The molecule has 2 heterocycles. The summed E-state index contributed by atoms with van der Waals surface area (Å²) in [5, 5.41) is 1.14. The maximum Gasteiger partial charge on any atom is 0.270 e. The maximum absolute atomic E-state index is 13.2. The molecule has 1 aliphatic rings. The molecular formula is C26H20N2OS2. The first-order valence-electron chi connectivity index (χ1n) is 10.1. The molecule has 3 nitrogen and oxygen atoms in total. The summed E-state index contributed by atoms with van der Waals surface area (Å²) in [4.78, 5) is 15.5. The van der Waals surface area contributed by atoms with Crippen molar-refractivity contribution in [2.45, 2.75) is 13.5 Å². The second kappa shape index (κ2) is 8.17. The van der Waals surface area contributed by atoms with Gasteiger partial charge in [-0.05, 0) is 36.8 Å². The molecule has 0 bridgehead atoms. The summed E-state index contributed by atoms with van der Waals surface area (Å²) >= 11 is 6.90. The molecule has 0 aliphatic carbocycles. The number of thioether (sulfide) groups is 1. The van der Waals surface area contributed by atoms with Crippen LogP contribution in [0.3, 0.4) is 0 Å². The summed E-state index contributed by atoms with van der Waals surface area (Å²) in [6.07, 6.45) is 2.00. The van der Waals surface area contributed by atoms with Crippen LogP contribution >= 0.6 is 24.0 Å². The summed E-state index contributed by atoms with van der Waals surface area (Å²) in [6.45, 7) is 2.90. The topological polar surface area (TPSA) is 25.2 Å². The zero-order chi connectivity index (χ0) is 21.4. The van der Waals surface area contributed by atoms with E-state index in [4.69, 9.17) is 12.2 Å². The Balaban J connectivity index is 1.58. The van der Waals surface area contributed by atoms with Crippen LogP contribution in [0.1, 0.15) is 16.8 Å². The van der Waals surface area contributed by atoms with Crippen LogP contribution in [0, 0.1) is 6.92 Å². The number of benzene rings is 3. The fraction of sp³-hybridized carbons (Fsp3) is 0.0769. The van der Waals surface area contributed by atoms with Crippen LogP contribution in [0.5, 0.6) is 0 Å². The van der Waals surface area contributed by atoms with Gasteiger partial charge in [0.2, 0.25) is 0 Å². The van der Waals surface area contributed by atoms with Crippen LogP contribution in [-0.4, -0.2) is 14.8 Å². The van der Waals surface area contributed by atoms with E-state index < -0.39 is 0 Å². The molecule has 152 valence electrons. The van der Waals surface area contributed by atoms with Crippen molar-refractivity contribution in [2.24, 2.45) is 0 Å². The van der Waals surface area contributed by atoms with Gasteiger partial charge in [0.1, 0.15) is 0 Å². The van der Waals surface area contributed by atoms with Gasteiger partial charge < -0.3 is 4.57 Å². The molecule has 0 N–H and O–H groups in total. The van der Waals surface area contributed by atoms with Crippen LogP contribution < -0.4 is 4.90 Å². The van der Waals surface area contributed by atoms with Crippen molar-refractivity contribution in [1.82, 2.24) is 4.57 Å². The minimum absolute atomic E-state index is 0.0690. The van der Waals surface area contributed by atoms with E-state index in [0.29, 0.717) is 9.23 Å². The molecule has 1 amide bonds. The number of carbonyl (C=O) groups is 1. The fourth-order valence-electron chi connectivity index (χ4n) is 4.01. The Morgan fingerprint density at radius 2 is 1.55 bits per heavy atom. The van der Waals surface area contributed by atoms with Crippen LogP contribution in [0.25, 0.3) is 17.0 Å². The van der Waals surface area contributed by atoms with Gasteiger partial charge in [-0.2, -0.15) is 0 Å². The van der Waals surface area contributed by atoms with E-state index in [-0.39, 0.29) is 5.91 Å². The van der Waals surface area contributed by atoms with Crippen molar-refractivity contribution in [3.8, 4) is 0 Å². The molecule has 1 saturated heterocycles. The Kier molecular flexibility index (Phi) is 5.22. The van der Waals surface area contributed by atoms with Gasteiger partial charge in [-0.25, -0.2) is 0 Å². The standard InChI is InChI=1S/C26H20N2OS2/c1-18-22(16-24-25(29)28(26(30)31-24)20-12-6-3-7-13-20)21-14-8-9-15-23(21)27(18)17-19-10-4-2-5-11-19/h2-16H,17H2,1H3/b24-16+. The first kappa shape index (κ1) is 19.8. The van der Waals surface area contributed by atoms with Gasteiger partial charge in [-0.15, -0.1) is 0 Å². The van der Waals surface area contributed by atoms with Crippen molar-refractivity contribution in [3.05, 3.63) is 107 Å². The molecule has 5 heteroatoms. The van der Waals surface area contributed by atoms with Gasteiger partial charge >= 0.3 is 0 Å². The Morgan fingerprint density at radius 3 is 2.29 bits per heavy atom. The summed E-state index contributed by atoms with van der Waals surface area (Å²) in [6, 6.07) is 28.4. The van der Waals surface area contributed by atoms with Gasteiger partial charge in [0.25, 0.3) is 5.91 Å². The second-order valence-electron chi connectivity index (χ2n) is 7.44. The molecule has 1 fully saturated rings. The van der Waals surface area contributed by atoms with E-state index in [1.54, 1.807) is 4.90 Å². The molecule has 1 aliphatic heterocycles. The molecule has 3 aromatic carbocycles. The zero-order valence-electron chi connectivity index (χ0n) is 17.0. The lowest BCUT2D eigenvalue weighted by Crippen LogP contribution is -2.27. The number of rotatable bonds is 4.